The molecule has 108 valence electrons. The van der Waals surface area contributed by atoms with Gasteiger partial charge in [-0.05, 0) is 19.4 Å². The second kappa shape index (κ2) is 5.78. The Hall–Kier alpha value is -2.63. The molecular formula is C15H17N5O. The third-order valence-corrected chi connectivity index (χ3v) is 3.46. The summed E-state index contributed by atoms with van der Waals surface area (Å²) < 4.78 is 0. The lowest BCUT2D eigenvalue weighted by Gasteiger charge is -2.04. The van der Waals surface area contributed by atoms with Gasteiger partial charge < -0.3 is 10.3 Å². The number of carbonyl (C=O) groups is 1. The monoisotopic (exact) mass is 283 g/mol. The minimum atomic E-state index is -0.0393. The van der Waals surface area contributed by atoms with Crippen LogP contribution in [0.2, 0.25) is 0 Å². The van der Waals surface area contributed by atoms with Crippen LogP contribution in [-0.4, -0.2) is 32.6 Å². The van der Waals surface area contributed by atoms with Gasteiger partial charge in [-0.25, -0.2) is 4.98 Å². The molecule has 0 bridgehead atoms. The van der Waals surface area contributed by atoms with Crippen LogP contribution >= 0.6 is 0 Å². The fourth-order valence-corrected chi connectivity index (χ4v) is 2.47. The summed E-state index contributed by atoms with van der Waals surface area (Å²) >= 11 is 0. The second-order valence-corrected chi connectivity index (χ2v) is 4.96. The third-order valence-electron chi connectivity index (χ3n) is 3.46. The molecule has 0 aliphatic carbocycles. The molecule has 3 aromatic rings. The van der Waals surface area contributed by atoms with Gasteiger partial charge in [0.1, 0.15) is 12.2 Å². The Morgan fingerprint density at radius 2 is 2.19 bits per heavy atom. The van der Waals surface area contributed by atoms with Crippen LogP contribution in [0.15, 0.2) is 30.6 Å². The van der Waals surface area contributed by atoms with E-state index in [0.29, 0.717) is 6.54 Å². The zero-order chi connectivity index (χ0) is 14.7. The Morgan fingerprint density at radius 1 is 1.33 bits per heavy atom. The zero-order valence-electron chi connectivity index (χ0n) is 11.8. The maximum absolute atomic E-state index is 12.3. The fourth-order valence-electron chi connectivity index (χ4n) is 2.47. The van der Waals surface area contributed by atoms with Gasteiger partial charge >= 0.3 is 0 Å². The molecular weight excluding hydrogens is 266 g/mol. The number of H-pyrrole nitrogens is 2. The average Bonchev–Trinajstić information content (AvgIpc) is 3.09. The lowest BCUT2D eigenvalue weighted by Crippen LogP contribution is -2.25. The molecule has 0 fully saturated rings. The van der Waals surface area contributed by atoms with Gasteiger partial charge in [0.25, 0.3) is 5.91 Å². The lowest BCUT2D eigenvalue weighted by atomic mass is 10.1. The summed E-state index contributed by atoms with van der Waals surface area (Å²) in [7, 11) is 0. The number of hydrogen-bond donors (Lipinski definition) is 3. The minimum absolute atomic E-state index is 0.0393. The van der Waals surface area contributed by atoms with E-state index >= 15 is 0 Å². The molecule has 3 N–H and O–H groups in total. The molecule has 0 atom stereocenters. The summed E-state index contributed by atoms with van der Waals surface area (Å²) in [6.07, 6.45) is 3.08. The van der Waals surface area contributed by atoms with E-state index in [1.165, 1.54) is 6.33 Å². The highest BCUT2D eigenvalue weighted by Crippen LogP contribution is 2.21. The third kappa shape index (κ3) is 2.79. The van der Waals surface area contributed by atoms with E-state index < -0.39 is 0 Å². The first kappa shape index (κ1) is 13.4. The van der Waals surface area contributed by atoms with Crippen molar-refractivity contribution in [1.29, 1.82) is 0 Å². The molecule has 0 radical (unpaired) electrons. The summed E-state index contributed by atoms with van der Waals surface area (Å²) in [4.78, 5) is 19.6. The minimum Gasteiger partial charge on any atom is -0.358 e. The Morgan fingerprint density at radius 3 is 3.00 bits per heavy atom. The molecule has 2 aromatic heterocycles. The number of aromatic nitrogens is 4. The molecule has 0 saturated carbocycles. The number of aryl methyl sites for hydroxylation is 2. The molecule has 0 unspecified atom stereocenters. The average molecular weight is 283 g/mol. The van der Waals surface area contributed by atoms with E-state index in [4.69, 9.17) is 0 Å². The Bertz CT molecular complexity index is 745. The number of benzene rings is 1. The summed E-state index contributed by atoms with van der Waals surface area (Å²) in [5, 5.41) is 10.5. The van der Waals surface area contributed by atoms with Crippen LogP contribution in [0.1, 0.15) is 28.3 Å². The van der Waals surface area contributed by atoms with Gasteiger partial charge in [-0.15, -0.1) is 0 Å². The number of nitrogens with one attached hydrogen (secondary N) is 3. The van der Waals surface area contributed by atoms with Gasteiger partial charge in [-0.1, -0.05) is 18.2 Å². The molecule has 6 heteroatoms. The second-order valence-electron chi connectivity index (χ2n) is 4.96. The highest BCUT2D eigenvalue weighted by molar-refractivity contribution is 6.08. The van der Waals surface area contributed by atoms with Crippen molar-refractivity contribution in [3.63, 3.8) is 0 Å². The van der Waals surface area contributed by atoms with Crippen LogP contribution in [0.25, 0.3) is 10.9 Å². The molecule has 21 heavy (non-hydrogen) atoms. The summed E-state index contributed by atoms with van der Waals surface area (Å²) in [5.74, 6) is 0.801. The van der Waals surface area contributed by atoms with Crippen LogP contribution in [0.4, 0.5) is 0 Å². The van der Waals surface area contributed by atoms with E-state index in [0.717, 1.165) is 40.8 Å². The maximum Gasteiger partial charge on any atom is 0.253 e. The quantitative estimate of drug-likeness (QED) is 0.626. The van der Waals surface area contributed by atoms with Gasteiger partial charge in [0, 0.05) is 29.6 Å². The van der Waals surface area contributed by atoms with Crippen LogP contribution in [-0.2, 0) is 6.42 Å². The highest BCUT2D eigenvalue weighted by Gasteiger charge is 2.14. The Balaban J connectivity index is 1.63. The van der Waals surface area contributed by atoms with Gasteiger partial charge in [0.15, 0.2) is 0 Å². The molecule has 1 aromatic carbocycles. The summed E-state index contributed by atoms with van der Waals surface area (Å²) in [6.45, 7) is 2.53. The van der Waals surface area contributed by atoms with Crippen molar-refractivity contribution < 1.29 is 4.79 Å². The Labute approximate surface area is 122 Å². The normalized spacial score (nSPS) is 10.9. The van der Waals surface area contributed by atoms with Crippen molar-refractivity contribution in [3.8, 4) is 0 Å². The van der Waals surface area contributed by atoms with Crippen LogP contribution in [0.3, 0.4) is 0 Å². The first-order valence-corrected chi connectivity index (χ1v) is 6.95. The van der Waals surface area contributed by atoms with Crippen molar-refractivity contribution in [2.75, 3.05) is 6.54 Å². The Kier molecular flexibility index (Phi) is 3.68. The van der Waals surface area contributed by atoms with Crippen molar-refractivity contribution >= 4 is 16.8 Å². The molecule has 1 amide bonds. The van der Waals surface area contributed by atoms with E-state index in [9.17, 15) is 4.79 Å². The summed E-state index contributed by atoms with van der Waals surface area (Å²) in [6, 6.07) is 7.83. The van der Waals surface area contributed by atoms with Crippen molar-refractivity contribution in [3.05, 3.63) is 47.7 Å². The van der Waals surface area contributed by atoms with E-state index in [1.807, 2.05) is 31.2 Å². The van der Waals surface area contributed by atoms with Gasteiger partial charge in [0.05, 0.1) is 5.56 Å². The molecule has 0 saturated heterocycles. The number of fused-ring (bicyclic) bond motifs is 1. The van der Waals surface area contributed by atoms with Crippen molar-refractivity contribution in [2.24, 2.45) is 0 Å². The molecule has 6 nitrogen and oxygen atoms in total. The van der Waals surface area contributed by atoms with Crippen LogP contribution < -0.4 is 5.32 Å². The topological polar surface area (TPSA) is 86.5 Å². The number of nitrogens with zero attached hydrogens (tertiary/aromatic N) is 2. The maximum atomic E-state index is 12.3. The molecule has 0 aliphatic heterocycles. The van der Waals surface area contributed by atoms with Crippen LogP contribution in [0.5, 0.6) is 0 Å². The number of rotatable bonds is 5. The van der Waals surface area contributed by atoms with Gasteiger partial charge in [-0.2, -0.15) is 5.10 Å². The number of para-hydroxylation sites is 1. The lowest BCUT2D eigenvalue weighted by molar-refractivity contribution is 0.0954. The first-order valence-electron chi connectivity index (χ1n) is 6.95. The molecule has 2 heterocycles. The number of hydrogen-bond acceptors (Lipinski definition) is 3. The number of amides is 1. The smallest absolute Gasteiger partial charge is 0.253 e. The van der Waals surface area contributed by atoms with Crippen molar-refractivity contribution in [1.82, 2.24) is 25.5 Å². The predicted octanol–water partition coefficient (Wildman–Crippen LogP) is 1.96. The fraction of sp³-hybridized carbons (Fsp3) is 0.267. The molecule has 0 spiro atoms. The summed E-state index contributed by atoms with van der Waals surface area (Å²) in [5.41, 5.74) is 2.61. The SMILES string of the molecule is Cc1[nH]c2ccccc2c1C(=O)NCCCc1ncn[nH]1. The van der Waals surface area contributed by atoms with E-state index in [-0.39, 0.29) is 5.91 Å². The van der Waals surface area contributed by atoms with E-state index in [2.05, 4.69) is 25.5 Å². The standard InChI is InChI=1S/C15H17N5O/c1-10-14(11-5-2-3-6-12(11)19-10)15(21)16-8-4-7-13-17-9-18-20-13/h2-3,5-6,9,19H,4,7-8H2,1H3,(H,16,21)(H,17,18,20). The highest BCUT2D eigenvalue weighted by atomic mass is 16.1. The zero-order valence-corrected chi connectivity index (χ0v) is 11.8. The van der Waals surface area contributed by atoms with Gasteiger partial charge in [-0.3, -0.25) is 9.89 Å². The first-order chi connectivity index (χ1) is 10.3. The largest absolute Gasteiger partial charge is 0.358 e. The van der Waals surface area contributed by atoms with E-state index in [1.54, 1.807) is 0 Å². The predicted molar refractivity (Wildman–Crippen MR) is 80.1 cm³/mol. The van der Waals surface area contributed by atoms with Gasteiger partial charge in [0.2, 0.25) is 0 Å². The number of carbonyl (C=O) groups excluding carboxylic acids is 1. The van der Waals surface area contributed by atoms with Crippen LogP contribution in [0, 0.1) is 6.92 Å². The molecule has 0 aliphatic rings. The van der Waals surface area contributed by atoms with Crippen molar-refractivity contribution in [2.45, 2.75) is 19.8 Å². The molecule has 3 rings (SSSR count). The number of aromatic amines is 2.